The van der Waals surface area contributed by atoms with Crippen molar-refractivity contribution >= 4 is 17.6 Å². The third-order valence-electron chi connectivity index (χ3n) is 3.11. The van der Waals surface area contributed by atoms with Crippen LogP contribution in [0.25, 0.3) is 0 Å². The molecule has 0 unspecified atom stereocenters. The number of benzene rings is 2. The maximum atomic E-state index is 12.2. The second-order valence-corrected chi connectivity index (χ2v) is 5.53. The number of carbonyl (C=O) groups excluding carboxylic acids is 1. The van der Waals surface area contributed by atoms with Crippen LogP contribution in [-0.2, 0) is 0 Å². The molecule has 2 aromatic rings. The Bertz CT molecular complexity index is 692. The molecule has 23 heavy (non-hydrogen) atoms. The predicted octanol–water partition coefficient (Wildman–Crippen LogP) is 3.67. The Kier molecular flexibility index (Phi) is 5.36. The second-order valence-electron chi connectivity index (χ2n) is 5.53. The van der Waals surface area contributed by atoms with E-state index in [1.807, 2.05) is 0 Å². The lowest BCUT2D eigenvalue weighted by atomic mass is 10.1. The van der Waals surface area contributed by atoms with Crippen LogP contribution in [0.2, 0.25) is 0 Å². The van der Waals surface area contributed by atoms with Gasteiger partial charge in [-0.2, -0.15) is 0 Å². The van der Waals surface area contributed by atoms with Gasteiger partial charge in [0.1, 0.15) is 5.75 Å². The van der Waals surface area contributed by atoms with Crippen molar-refractivity contribution in [3.63, 3.8) is 0 Å². The molecular weight excluding hydrogens is 294 g/mol. The van der Waals surface area contributed by atoms with E-state index in [1.54, 1.807) is 42.5 Å². The van der Waals surface area contributed by atoms with Gasteiger partial charge in [-0.3, -0.25) is 4.79 Å². The molecule has 0 aromatic heterocycles. The Hall–Kier alpha value is -2.82. The lowest BCUT2D eigenvalue weighted by Crippen LogP contribution is -2.14. The topological polar surface area (TPSA) is 75.6 Å². The molecule has 5 nitrogen and oxygen atoms in total. The molecule has 2 N–H and O–H groups in total. The number of anilines is 1. The minimum atomic E-state index is -1.08. The second kappa shape index (κ2) is 7.45. The summed E-state index contributed by atoms with van der Waals surface area (Å²) in [6.07, 6.45) is 0. The smallest absolute Gasteiger partial charge is 0.337 e. The number of para-hydroxylation sites is 1. The molecule has 0 aliphatic rings. The fourth-order valence-corrected chi connectivity index (χ4v) is 1.94. The number of carboxylic acids is 1. The van der Waals surface area contributed by atoms with Crippen molar-refractivity contribution in [1.29, 1.82) is 0 Å². The Labute approximate surface area is 134 Å². The van der Waals surface area contributed by atoms with Gasteiger partial charge in [0.25, 0.3) is 5.91 Å². The summed E-state index contributed by atoms with van der Waals surface area (Å²) in [6, 6.07) is 13.0. The van der Waals surface area contributed by atoms with Gasteiger partial charge in [-0.15, -0.1) is 0 Å². The molecule has 2 rings (SSSR count). The van der Waals surface area contributed by atoms with Crippen LogP contribution in [0.1, 0.15) is 34.6 Å². The molecule has 0 aliphatic carbocycles. The highest BCUT2D eigenvalue weighted by atomic mass is 16.5. The fourth-order valence-electron chi connectivity index (χ4n) is 1.94. The molecule has 2 aromatic carbocycles. The summed E-state index contributed by atoms with van der Waals surface area (Å²) in [7, 11) is 0. The largest absolute Gasteiger partial charge is 0.493 e. The van der Waals surface area contributed by atoms with Crippen molar-refractivity contribution in [3.8, 4) is 5.75 Å². The number of aromatic carboxylic acids is 1. The first-order chi connectivity index (χ1) is 11.0. The van der Waals surface area contributed by atoms with Crippen molar-refractivity contribution in [3.05, 3.63) is 59.7 Å². The third-order valence-corrected chi connectivity index (χ3v) is 3.11. The molecule has 1 amide bonds. The number of hydrogen-bond acceptors (Lipinski definition) is 3. The zero-order valence-corrected chi connectivity index (χ0v) is 13.1. The number of carbonyl (C=O) groups is 2. The van der Waals surface area contributed by atoms with Crippen LogP contribution in [0.15, 0.2) is 48.5 Å². The van der Waals surface area contributed by atoms with Crippen molar-refractivity contribution in [2.24, 2.45) is 5.92 Å². The maximum Gasteiger partial charge on any atom is 0.337 e. The highest BCUT2D eigenvalue weighted by molar-refractivity contribution is 6.07. The molecule has 0 fully saturated rings. The van der Waals surface area contributed by atoms with Gasteiger partial charge in [0.15, 0.2) is 0 Å². The summed E-state index contributed by atoms with van der Waals surface area (Å²) in [5, 5.41) is 11.7. The molecule has 0 saturated carbocycles. The summed E-state index contributed by atoms with van der Waals surface area (Å²) >= 11 is 0. The first-order valence-corrected chi connectivity index (χ1v) is 7.34. The van der Waals surface area contributed by atoms with Gasteiger partial charge in [-0.1, -0.05) is 26.0 Å². The number of nitrogens with one attached hydrogen (secondary N) is 1. The van der Waals surface area contributed by atoms with Gasteiger partial charge >= 0.3 is 5.97 Å². The van der Waals surface area contributed by atoms with Crippen molar-refractivity contribution in [1.82, 2.24) is 0 Å². The Morgan fingerprint density at radius 1 is 1.09 bits per heavy atom. The van der Waals surface area contributed by atoms with Gasteiger partial charge in [-0.25, -0.2) is 4.79 Å². The number of hydrogen-bond donors (Lipinski definition) is 2. The maximum absolute atomic E-state index is 12.2. The number of amides is 1. The van der Waals surface area contributed by atoms with Crippen LogP contribution >= 0.6 is 0 Å². The Morgan fingerprint density at radius 2 is 1.74 bits per heavy atom. The molecule has 0 atom stereocenters. The van der Waals surface area contributed by atoms with Crippen LogP contribution in [0.3, 0.4) is 0 Å². The van der Waals surface area contributed by atoms with Crippen LogP contribution < -0.4 is 10.1 Å². The van der Waals surface area contributed by atoms with E-state index in [2.05, 4.69) is 19.2 Å². The monoisotopic (exact) mass is 313 g/mol. The lowest BCUT2D eigenvalue weighted by molar-refractivity contribution is 0.0698. The van der Waals surface area contributed by atoms with Gasteiger partial charge in [0, 0.05) is 5.56 Å². The summed E-state index contributed by atoms with van der Waals surface area (Å²) in [6.45, 7) is 4.72. The SMILES string of the molecule is CC(C)COc1ccc(C(=O)Nc2ccccc2C(=O)O)cc1. The Morgan fingerprint density at radius 3 is 2.35 bits per heavy atom. The van der Waals surface area contributed by atoms with Crippen molar-refractivity contribution < 1.29 is 19.4 Å². The van der Waals surface area contributed by atoms with Crippen LogP contribution in [-0.4, -0.2) is 23.6 Å². The van der Waals surface area contributed by atoms with E-state index in [9.17, 15) is 9.59 Å². The van der Waals surface area contributed by atoms with Crippen LogP contribution in [0.4, 0.5) is 5.69 Å². The van der Waals surface area contributed by atoms with E-state index in [0.717, 1.165) is 0 Å². The van der Waals surface area contributed by atoms with E-state index in [-0.39, 0.29) is 17.2 Å². The summed E-state index contributed by atoms with van der Waals surface area (Å²) in [5.74, 6) is -0.334. The molecule has 0 saturated heterocycles. The number of ether oxygens (including phenoxy) is 1. The lowest BCUT2D eigenvalue weighted by Gasteiger charge is -2.10. The predicted molar refractivity (Wildman–Crippen MR) is 88.1 cm³/mol. The van der Waals surface area contributed by atoms with Crippen molar-refractivity contribution in [2.75, 3.05) is 11.9 Å². The van der Waals surface area contributed by atoms with Crippen LogP contribution in [0.5, 0.6) is 5.75 Å². The quantitative estimate of drug-likeness (QED) is 0.853. The van der Waals surface area contributed by atoms with Crippen molar-refractivity contribution in [2.45, 2.75) is 13.8 Å². The summed E-state index contributed by atoms with van der Waals surface area (Å²) in [5.41, 5.74) is 0.755. The standard InChI is InChI=1S/C18H19NO4/c1-12(2)11-23-14-9-7-13(8-10-14)17(20)19-16-6-4-3-5-15(16)18(21)22/h3-10,12H,11H2,1-2H3,(H,19,20)(H,21,22). The number of carboxylic acid groups (broad SMARTS) is 1. The first-order valence-electron chi connectivity index (χ1n) is 7.34. The van der Waals surface area contributed by atoms with Gasteiger partial charge in [0.2, 0.25) is 0 Å². The normalized spacial score (nSPS) is 10.4. The van der Waals surface area contributed by atoms with E-state index in [1.165, 1.54) is 6.07 Å². The summed E-state index contributed by atoms with van der Waals surface area (Å²) in [4.78, 5) is 23.4. The molecule has 0 radical (unpaired) electrons. The van der Waals surface area contributed by atoms with E-state index in [4.69, 9.17) is 9.84 Å². The molecule has 0 bridgehead atoms. The summed E-state index contributed by atoms with van der Waals surface area (Å²) < 4.78 is 5.56. The molecule has 0 spiro atoms. The fraction of sp³-hybridized carbons (Fsp3) is 0.222. The zero-order valence-electron chi connectivity index (χ0n) is 13.1. The zero-order chi connectivity index (χ0) is 16.8. The minimum absolute atomic E-state index is 0.0535. The molecule has 0 aliphatic heterocycles. The van der Waals surface area contributed by atoms with Crippen LogP contribution in [0, 0.1) is 5.92 Å². The molecule has 0 heterocycles. The van der Waals surface area contributed by atoms with Gasteiger partial charge < -0.3 is 15.2 Å². The molecular formula is C18H19NO4. The Balaban J connectivity index is 2.08. The minimum Gasteiger partial charge on any atom is -0.493 e. The van der Waals surface area contributed by atoms with E-state index in [0.29, 0.717) is 23.8 Å². The van der Waals surface area contributed by atoms with E-state index < -0.39 is 5.97 Å². The van der Waals surface area contributed by atoms with Gasteiger partial charge in [0.05, 0.1) is 17.9 Å². The first kappa shape index (κ1) is 16.5. The van der Waals surface area contributed by atoms with Gasteiger partial charge in [-0.05, 0) is 42.3 Å². The van der Waals surface area contributed by atoms with E-state index >= 15 is 0 Å². The highest BCUT2D eigenvalue weighted by Crippen LogP contribution is 2.18. The average molecular weight is 313 g/mol. The third kappa shape index (κ3) is 4.57. The average Bonchev–Trinajstić information content (AvgIpc) is 2.53. The number of rotatable bonds is 6. The molecule has 5 heteroatoms. The highest BCUT2D eigenvalue weighted by Gasteiger charge is 2.13. The molecule has 120 valence electrons.